The molecule has 1 amide bonds. The Kier molecular flexibility index (Phi) is 4.24. The second-order valence-corrected chi connectivity index (χ2v) is 7.62. The molecule has 140 valence electrons. The number of benzene rings is 2. The molecule has 3 aliphatic heterocycles. The Bertz CT molecular complexity index is 853. The Morgan fingerprint density at radius 1 is 1.04 bits per heavy atom. The zero-order valence-electron chi connectivity index (χ0n) is 15.3. The molecule has 0 N–H and O–H groups in total. The normalized spacial score (nSPS) is 24.7. The predicted molar refractivity (Wildman–Crippen MR) is 103 cm³/mol. The number of carbonyl (C=O) groups excluding carboxylic acids is 1. The van der Waals surface area contributed by atoms with Crippen molar-refractivity contribution in [3.05, 3.63) is 54.1 Å². The minimum absolute atomic E-state index is 0.0280. The zero-order valence-corrected chi connectivity index (χ0v) is 15.3. The molecule has 5 nitrogen and oxygen atoms in total. The van der Waals surface area contributed by atoms with E-state index in [0.717, 1.165) is 55.2 Å². The quantitative estimate of drug-likeness (QED) is 0.840. The van der Waals surface area contributed by atoms with Gasteiger partial charge in [0.1, 0.15) is 12.7 Å². The molecule has 2 aromatic rings. The molecule has 27 heavy (non-hydrogen) atoms. The van der Waals surface area contributed by atoms with Gasteiger partial charge in [-0.15, -0.1) is 0 Å². The Morgan fingerprint density at radius 3 is 2.78 bits per heavy atom. The van der Waals surface area contributed by atoms with Crippen molar-refractivity contribution >= 4 is 11.6 Å². The predicted octanol–water partition coefficient (Wildman–Crippen LogP) is 2.88. The fourth-order valence-corrected chi connectivity index (χ4v) is 4.53. The molecular weight excluding hydrogens is 340 g/mol. The van der Waals surface area contributed by atoms with Crippen LogP contribution in [0.25, 0.3) is 0 Å². The van der Waals surface area contributed by atoms with Crippen LogP contribution >= 0.6 is 0 Å². The average molecular weight is 364 g/mol. The molecule has 1 saturated heterocycles. The molecule has 0 radical (unpaired) electrons. The van der Waals surface area contributed by atoms with E-state index in [1.165, 1.54) is 0 Å². The third kappa shape index (κ3) is 3.16. The van der Waals surface area contributed by atoms with Crippen LogP contribution in [0.15, 0.2) is 48.5 Å². The third-order valence-corrected chi connectivity index (χ3v) is 5.74. The summed E-state index contributed by atoms with van der Waals surface area (Å²) in [5.74, 6) is 1.88. The van der Waals surface area contributed by atoms with Crippen molar-refractivity contribution in [2.24, 2.45) is 0 Å². The standard InChI is InChI=1S/C22H24N2O3/c25-22-12-16-6-1-2-8-19(16)24(22)17-7-5-11-23(13-17)14-18-15-26-20-9-3-4-10-21(20)27-18/h1-4,6,8-10,17-18H,5,7,11-15H2/t17-,18-/m0/s1. The lowest BCUT2D eigenvalue weighted by Crippen LogP contribution is -2.52. The van der Waals surface area contributed by atoms with E-state index in [4.69, 9.17) is 9.47 Å². The SMILES string of the molecule is O=C1Cc2ccccc2N1[C@H]1CCCN(C[C@H]2COc3ccccc3O2)C1. The minimum atomic E-state index is 0.0280. The highest BCUT2D eigenvalue weighted by Gasteiger charge is 2.36. The van der Waals surface area contributed by atoms with E-state index in [0.29, 0.717) is 13.0 Å². The average Bonchev–Trinajstić information content (AvgIpc) is 3.04. The molecule has 5 rings (SSSR count). The Labute approximate surface area is 159 Å². The smallest absolute Gasteiger partial charge is 0.231 e. The molecule has 3 aliphatic rings. The second kappa shape index (κ2) is 6.89. The number of fused-ring (bicyclic) bond motifs is 2. The molecule has 0 unspecified atom stereocenters. The van der Waals surface area contributed by atoms with Gasteiger partial charge in [-0.1, -0.05) is 30.3 Å². The Hall–Kier alpha value is -2.53. The third-order valence-electron chi connectivity index (χ3n) is 5.74. The first-order valence-electron chi connectivity index (χ1n) is 9.79. The van der Waals surface area contributed by atoms with Crippen LogP contribution in [0.3, 0.4) is 0 Å². The maximum atomic E-state index is 12.6. The van der Waals surface area contributed by atoms with Crippen LogP contribution in [0, 0.1) is 0 Å². The van der Waals surface area contributed by atoms with Crippen LogP contribution in [0.5, 0.6) is 11.5 Å². The largest absolute Gasteiger partial charge is 0.486 e. The number of nitrogens with zero attached hydrogens (tertiary/aromatic N) is 2. The van der Waals surface area contributed by atoms with Crippen molar-refractivity contribution in [1.29, 1.82) is 0 Å². The number of para-hydroxylation sites is 3. The van der Waals surface area contributed by atoms with Gasteiger partial charge in [0.2, 0.25) is 5.91 Å². The molecule has 0 aromatic heterocycles. The van der Waals surface area contributed by atoms with E-state index in [1.807, 2.05) is 41.3 Å². The molecule has 5 heteroatoms. The molecule has 2 atom stereocenters. The number of hydrogen-bond donors (Lipinski definition) is 0. The van der Waals surface area contributed by atoms with Gasteiger partial charge in [-0.05, 0) is 43.1 Å². The maximum Gasteiger partial charge on any atom is 0.231 e. The van der Waals surface area contributed by atoms with Gasteiger partial charge < -0.3 is 14.4 Å². The van der Waals surface area contributed by atoms with Gasteiger partial charge >= 0.3 is 0 Å². The van der Waals surface area contributed by atoms with Crippen molar-refractivity contribution in [2.75, 3.05) is 31.1 Å². The lowest BCUT2D eigenvalue weighted by atomic mass is 10.0. The fraction of sp³-hybridized carbons (Fsp3) is 0.409. The molecular formula is C22H24N2O3. The summed E-state index contributed by atoms with van der Waals surface area (Å²) in [5.41, 5.74) is 2.25. The topological polar surface area (TPSA) is 42.0 Å². The van der Waals surface area contributed by atoms with E-state index in [2.05, 4.69) is 17.0 Å². The first-order chi connectivity index (χ1) is 13.3. The molecule has 1 fully saturated rings. The van der Waals surface area contributed by atoms with E-state index in [9.17, 15) is 4.79 Å². The molecule has 0 bridgehead atoms. The highest BCUT2D eigenvalue weighted by Crippen LogP contribution is 2.34. The first kappa shape index (κ1) is 16.6. The van der Waals surface area contributed by atoms with Gasteiger partial charge in [0, 0.05) is 24.8 Å². The summed E-state index contributed by atoms with van der Waals surface area (Å²) in [6.45, 7) is 3.33. The molecule has 3 heterocycles. The Morgan fingerprint density at radius 2 is 1.85 bits per heavy atom. The highest BCUT2D eigenvalue weighted by molar-refractivity contribution is 6.01. The van der Waals surface area contributed by atoms with E-state index >= 15 is 0 Å². The van der Waals surface area contributed by atoms with Gasteiger partial charge in [0.05, 0.1) is 6.42 Å². The van der Waals surface area contributed by atoms with Gasteiger partial charge in [-0.3, -0.25) is 9.69 Å². The summed E-state index contributed by atoms with van der Waals surface area (Å²) in [7, 11) is 0. The summed E-state index contributed by atoms with van der Waals surface area (Å²) in [6.07, 6.45) is 2.71. The summed E-state index contributed by atoms with van der Waals surface area (Å²) in [5, 5.41) is 0. The van der Waals surface area contributed by atoms with Gasteiger partial charge in [0.15, 0.2) is 11.5 Å². The lowest BCUT2D eigenvalue weighted by molar-refractivity contribution is -0.118. The lowest BCUT2D eigenvalue weighted by Gasteiger charge is -2.39. The van der Waals surface area contributed by atoms with E-state index in [1.54, 1.807) is 0 Å². The number of rotatable bonds is 3. The van der Waals surface area contributed by atoms with Crippen molar-refractivity contribution in [1.82, 2.24) is 4.90 Å². The Balaban J connectivity index is 1.26. The number of ether oxygens (including phenoxy) is 2. The summed E-state index contributed by atoms with van der Waals surface area (Å²) in [4.78, 5) is 17.1. The van der Waals surface area contributed by atoms with Gasteiger partial charge in [-0.2, -0.15) is 0 Å². The molecule has 2 aromatic carbocycles. The van der Waals surface area contributed by atoms with Gasteiger partial charge in [-0.25, -0.2) is 0 Å². The van der Waals surface area contributed by atoms with Crippen LogP contribution in [-0.2, 0) is 11.2 Å². The monoisotopic (exact) mass is 364 g/mol. The first-order valence-corrected chi connectivity index (χ1v) is 9.79. The molecule has 0 saturated carbocycles. The number of hydrogen-bond acceptors (Lipinski definition) is 4. The number of piperidine rings is 1. The van der Waals surface area contributed by atoms with E-state index in [-0.39, 0.29) is 18.1 Å². The fourth-order valence-electron chi connectivity index (χ4n) is 4.53. The van der Waals surface area contributed by atoms with Crippen molar-refractivity contribution in [3.63, 3.8) is 0 Å². The van der Waals surface area contributed by atoms with Gasteiger partial charge in [0.25, 0.3) is 0 Å². The van der Waals surface area contributed by atoms with E-state index < -0.39 is 0 Å². The van der Waals surface area contributed by atoms with Crippen LogP contribution in [0.2, 0.25) is 0 Å². The van der Waals surface area contributed by atoms with Crippen LogP contribution < -0.4 is 14.4 Å². The van der Waals surface area contributed by atoms with Crippen LogP contribution in [-0.4, -0.2) is 49.2 Å². The highest BCUT2D eigenvalue weighted by atomic mass is 16.6. The second-order valence-electron chi connectivity index (χ2n) is 7.62. The van der Waals surface area contributed by atoms with Crippen LogP contribution in [0.4, 0.5) is 5.69 Å². The minimum Gasteiger partial charge on any atom is -0.486 e. The van der Waals surface area contributed by atoms with Crippen LogP contribution in [0.1, 0.15) is 18.4 Å². The summed E-state index contributed by atoms with van der Waals surface area (Å²) in [6, 6.07) is 16.3. The number of amides is 1. The molecule has 0 spiro atoms. The number of anilines is 1. The van der Waals surface area contributed by atoms with Crippen molar-refractivity contribution in [2.45, 2.75) is 31.4 Å². The van der Waals surface area contributed by atoms with Crippen molar-refractivity contribution < 1.29 is 14.3 Å². The summed E-state index contributed by atoms with van der Waals surface area (Å²) < 4.78 is 12.0. The number of likely N-dealkylation sites (tertiary alicyclic amines) is 1. The zero-order chi connectivity index (χ0) is 18.2. The number of carbonyl (C=O) groups is 1. The summed E-state index contributed by atoms with van der Waals surface area (Å²) >= 11 is 0. The van der Waals surface area contributed by atoms with Crippen molar-refractivity contribution in [3.8, 4) is 11.5 Å². The molecule has 0 aliphatic carbocycles. The maximum absolute atomic E-state index is 12.6.